The predicted molar refractivity (Wildman–Crippen MR) is 44.8 cm³/mol. The average molecular weight is 202 g/mol. The molecular weight excluding hydrogens is 193 g/mol. The number of hydrogen-bond acceptors (Lipinski definition) is 3. The van der Waals surface area contributed by atoms with E-state index in [0.29, 0.717) is 0 Å². The molecule has 0 aromatic carbocycles. The van der Waals surface area contributed by atoms with Gasteiger partial charge in [-0.1, -0.05) is 0 Å². The standard InChI is InChI=1S/C5H9NO3S.K/c1-3(7)6-4(2-10)5(8)9;/h4,10H,2H2,1H3,(H,6,7)(H,8,9);/t4-;/m0./s1. The average Bonchev–Trinajstić information content (AvgIpc) is 1.81. The van der Waals surface area contributed by atoms with Crippen LogP contribution in [-0.4, -0.2) is 80.2 Å². The number of nitrogens with one attached hydrogen (secondary N) is 1. The molecule has 0 bridgehead atoms. The van der Waals surface area contributed by atoms with E-state index in [0.717, 1.165) is 0 Å². The Balaban J connectivity index is 0. The number of carbonyl (C=O) groups is 2. The molecule has 1 atom stereocenters. The summed E-state index contributed by atoms with van der Waals surface area (Å²) in [6.07, 6.45) is 0. The Morgan fingerprint density at radius 1 is 1.64 bits per heavy atom. The fraction of sp³-hybridized carbons (Fsp3) is 0.600. The number of amides is 1. The number of aliphatic carboxylic acids is 1. The first kappa shape index (κ1) is 14.5. The van der Waals surface area contributed by atoms with Crippen LogP contribution in [0.15, 0.2) is 0 Å². The maximum Gasteiger partial charge on any atom is 0.327 e. The summed E-state index contributed by atoms with van der Waals surface area (Å²) in [6.45, 7) is 1.26. The zero-order valence-corrected chi connectivity index (χ0v) is 10.5. The Morgan fingerprint density at radius 2 is 2.09 bits per heavy atom. The quantitative estimate of drug-likeness (QED) is 0.411. The molecule has 1 amide bonds. The van der Waals surface area contributed by atoms with Gasteiger partial charge in [-0.3, -0.25) is 4.79 Å². The minimum absolute atomic E-state index is 0. The van der Waals surface area contributed by atoms with Crippen molar-refractivity contribution in [3.8, 4) is 0 Å². The molecule has 0 unspecified atom stereocenters. The molecule has 1 radical (unpaired) electrons. The van der Waals surface area contributed by atoms with Gasteiger partial charge in [-0.05, 0) is 0 Å². The Bertz CT molecular complexity index is 153. The second-order valence-corrected chi connectivity index (χ2v) is 2.14. The van der Waals surface area contributed by atoms with Gasteiger partial charge in [0.25, 0.3) is 0 Å². The van der Waals surface area contributed by atoms with Gasteiger partial charge in [-0.2, -0.15) is 12.6 Å². The molecule has 0 aromatic heterocycles. The smallest absolute Gasteiger partial charge is 0.327 e. The van der Waals surface area contributed by atoms with Gasteiger partial charge in [-0.15, -0.1) is 0 Å². The summed E-state index contributed by atoms with van der Waals surface area (Å²) in [7, 11) is 0. The molecule has 0 fully saturated rings. The van der Waals surface area contributed by atoms with Gasteiger partial charge in [0, 0.05) is 64.1 Å². The van der Waals surface area contributed by atoms with Gasteiger partial charge in [0.15, 0.2) is 0 Å². The van der Waals surface area contributed by atoms with Gasteiger partial charge in [-0.25, -0.2) is 4.79 Å². The topological polar surface area (TPSA) is 66.4 Å². The normalized spacial score (nSPS) is 11.1. The second-order valence-electron chi connectivity index (χ2n) is 1.77. The summed E-state index contributed by atoms with van der Waals surface area (Å²) in [6, 6.07) is -0.874. The zero-order chi connectivity index (χ0) is 8.15. The van der Waals surface area contributed by atoms with Crippen LogP contribution in [0.4, 0.5) is 0 Å². The van der Waals surface area contributed by atoms with E-state index in [1.807, 2.05) is 0 Å². The van der Waals surface area contributed by atoms with E-state index in [9.17, 15) is 9.59 Å². The SMILES string of the molecule is CC(=O)N[C@@H](CS)C(=O)O.[K]. The molecule has 0 aliphatic heterocycles. The number of hydrogen-bond donors (Lipinski definition) is 3. The molecule has 0 saturated carbocycles. The van der Waals surface area contributed by atoms with Gasteiger partial charge in [0.05, 0.1) is 0 Å². The van der Waals surface area contributed by atoms with Crippen molar-refractivity contribution in [2.24, 2.45) is 0 Å². The summed E-state index contributed by atoms with van der Waals surface area (Å²) in [5.74, 6) is -1.32. The van der Waals surface area contributed by atoms with Gasteiger partial charge in [0.1, 0.15) is 6.04 Å². The van der Waals surface area contributed by atoms with Crippen molar-refractivity contribution in [1.29, 1.82) is 0 Å². The molecule has 0 aromatic rings. The molecule has 0 saturated heterocycles. The van der Waals surface area contributed by atoms with Crippen molar-refractivity contribution in [3.63, 3.8) is 0 Å². The number of carbonyl (C=O) groups excluding carboxylic acids is 1. The molecular formula is C5H9KNO3S. The fourth-order valence-electron chi connectivity index (χ4n) is 0.431. The molecule has 11 heavy (non-hydrogen) atoms. The molecule has 59 valence electrons. The van der Waals surface area contributed by atoms with E-state index in [-0.39, 0.29) is 63.0 Å². The third kappa shape index (κ3) is 7.29. The Labute approximate surface area is 113 Å². The van der Waals surface area contributed by atoms with E-state index in [4.69, 9.17) is 5.11 Å². The fourth-order valence-corrected chi connectivity index (χ4v) is 0.678. The number of rotatable bonds is 3. The maximum atomic E-state index is 10.3. The van der Waals surface area contributed by atoms with Crippen molar-refractivity contribution in [1.82, 2.24) is 5.32 Å². The van der Waals surface area contributed by atoms with Crippen LogP contribution in [0.1, 0.15) is 6.92 Å². The van der Waals surface area contributed by atoms with E-state index in [1.165, 1.54) is 6.92 Å². The van der Waals surface area contributed by atoms with Crippen molar-refractivity contribution in [2.45, 2.75) is 13.0 Å². The summed E-state index contributed by atoms with van der Waals surface area (Å²) in [5, 5.41) is 10.6. The first-order chi connectivity index (χ1) is 4.57. The minimum atomic E-state index is -1.06. The maximum absolute atomic E-state index is 10.3. The molecule has 2 N–H and O–H groups in total. The summed E-state index contributed by atoms with van der Waals surface area (Å²) >= 11 is 3.73. The molecule has 0 spiro atoms. The van der Waals surface area contributed by atoms with Crippen LogP contribution in [0.25, 0.3) is 0 Å². The molecule has 6 heteroatoms. The van der Waals surface area contributed by atoms with Crippen LogP contribution in [-0.2, 0) is 9.59 Å². The van der Waals surface area contributed by atoms with Gasteiger partial charge >= 0.3 is 5.97 Å². The summed E-state index contributed by atoms with van der Waals surface area (Å²) in [4.78, 5) is 20.5. The van der Waals surface area contributed by atoms with E-state index in [2.05, 4.69) is 17.9 Å². The van der Waals surface area contributed by atoms with Crippen LogP contribution in [0.5, 0.6) is 0 Å². The first-order valence-electron chi connectivity index (χ1n) is 2.68. The van der Waals surface area contributed by atoms with Crippen molar-refractivity contribution in [2.75, 3.05) is 5.75 Å². The molecule has 4 nitrogen and oxygen atoms in total. The molecule has 0 aliphatic carbocycles. The Kier molecular flexibility index (Phi) is 9.94. The number of carboxylic acids is 1. The Morgan fingerprint density at radius 3 is 2.18 bits per heavy atom. The molecule has 0 heterocycles. The van der Waals surface area contributed by atoms with Crippen LogP contribution in [0.3, 0.4) is 0 Å². The number of thiol groups is 1. The molecule has 0 aliphatic rings. The van der Waals surface area contributed by atoms with Crippen molar-refractivity contribution in [3.05, 3.63) is 0 Å². The first-order valence-corrected chi connectivity index (χ1v) is 3.32. The third-order valence-corrected chi connectivity index (χ3v) is 1.22. The van der Waals surface area contributed by atoms with Crippen molar-refractivity contribution >= 4 is 75.9 Å². The van der Waals surface area contributed by atoms with Crippen LogP contribution in [0, 0.1) is 0 Å². The monoisotopic (exact) mass is 202 g/mol. The third-order valence-electron chi connectivity index (χ3n) is 0.858. The Hall–Kier alpha value is 0.926. The largest absolute Gasteiger partial charge is 0.480 e. The second kappa shape index (κ2) is 7.57. The van der Waals surface area contributed by atoms with Crippen LogP contribution in [0.2, 0.25) is 0 Å². The van der Waals surface area contributed by atoms with E-state index < -0.39 is 12.0 Å². The predicted octanol–water partition coefficient (Wildman–Crippen LogP) is -0.875. The van der Waals surface area contributed by atoms with Crippen LogP contribution >= 0.6 is 12.6 Å². The van der Waals surface area contributed by atoms with Crippen LogP contribution < -0.4 is 5.32 Å². The van der Waals surface area contributed by atoms with Gasteiger partial charge in [0.2, 0.25) is 5.91 Å². The summed E-state index contributed by atoms with van der Waals surface area (Å²) in [5.41, 5.74) is 0. The summed E-state index contributed by atoms with van der Waals surface area (Å²) < 4.78 is 0. The molecule has 0 rings (SSSR count). The van der Waals surface area contributed by atoms with E-state index in [1.54, 1.807) is 0 Å². The van der Waals surface area contributed by atoms with E-state index >= 15 is 0 Å². The van der Waals surface area contributed by atoms with Gasteiger partial charge < -0.3 is 10.4 Å². The van der Waals surface area contributed by atoms with Crippen molar-refractivity contribution < 1.29 is 14.7 Å². The zero-order valence-electron chi connectivity index (χ0n) is 6.50. The minimum Gasteiger partial charge on any atom is -0.480 e. The number of carboxylic acid groups (broad SMARTS) is 1.